The molecule has 30 heavy (non-hydrogen) atoms. The molecule has 154 valence electrons. The molecular formula is C21H18N2O7. The Balaban J connectivity index is 1.49. The number of methoxy groups -OCH3 is 3. The van der Waals surface area contributed by atoms with Gasteiger partial charge in [-0.25, -0.2) is 4.79 Å². The van der Waals surface area contributed by atoms with Crippen molar-refractivity contribution in [2.75, 3.05) is 21.3 Å². The van der Waals surface area contributed by atoms with Crippen molar-refractivity contribution >= 4 is 16.9 Å². The Morgan fingerprint density at radius 1 is 0.933 bits per heavy atom. The van der Waals surface area contributed by atoms with Gasteiger partial charge in [0.25, 0.3) is 5.89 Å². The summed E-state index contributed by atoms with van der Waals surface area (Å²) in [5.41, 5.74) is 1.17. The molecule has 0 amide bonds. The maximum Gasteiger partial charge on any atom is 0.374 e. The van der Waals surface area contributed by atoms with Crippen molar-refractivity contribution in [1.82, 2.24) is 10.2 Å². The summed E-state index contributed by atoms with van der Waals surface area (Å²) in [6.45, 7) is -0.201. The number of ether oxygens (including phenoxy) is 4. The minimum atomic E-state index is -0.626. The molecule has 0 radical (unpaired) electrons. The van der Waals surface area contributed by atoms with E-state index in [-0.39, 0.29) is 24.1 Å². The monoisotopic (exact) mass is 410 g/mol. The molecule has 0 bridgehead atoms. The number of fused-ring (bicyclic) bond motifs is 1. The van der Waals surface area contributed by atoms with Crippen LogP contribution in [0.15, 0.2) is 51.3 Å². The van der Waals surface area contributed by atoms with E-state index in [4.69, 9.17) is 27.8 Å². The van der Waals surface area contributed by atoms with Gasteiger partial charge >= 0.3 is 5.97 Å². The molecule has 0 atom stereocenters. The Labute approximate surface area is 171 Å². The first-order chi connectivity index (χ1) is 14.6. The minimum absolute atomic E-state index is 0.0977. The molecule has 0 unspecified atom stereocenters. The summed E-state index contributed by atoms with van der Waals surface area (Å²) in [7, 11) is 4.54. The SMILES string of the molecule is COc1cc(-c2nnc(COC(=O)c3cc4ccccc4o3)o2)cc(OC)c1OC. The van der Waals surface area contributed by atoms with Crippen LogP contribution in [0.2, 0.25) is 0 Å². The molecule has 4 rings (SSSR count). The third-order valence-corrected chi connectivity index (χ3v) is 4.33. The number of rotatable bonds is 7. The van der Waals surface area contributed by atoms with Crippen molar-refractivity contribution in [2.45, 2.75) is 6.61 Å². The van der Waals surface area contributed by atoms with E-state index in [1.54, 1.807) is 24.3 Å². The van der Waals surface area contributed by atoms with Crippen LogP contribution >= 0.6 is 0 Å². The third-order valence-electron chi connectivity index (χ3n) is 4.33. The molecule has 2 heterocycles. The summed E-state index contributed by atoms with van der Waals surface area (Å²) in [4.78, 5) is 12.2. The average molecular weight is 410 g/mol. The quantitative estimate of drug-likeness (QED) is 0.420. The lowest BCUT2D eigenvalue weighted by Crippen LogP contribution is -2.04. The lowest BCUT2D eigenvalue weighted by atomic mass is 10.2. The molecule has 2 aromatic heterocycles. The van der Waals surface area contributed by atoms with Crippen LogP contribution in [0.1, 0.15) is 16.4 Å². The van der Waals surface area contributed by atoms with E-state index >= 15 is 0 Å². The van der Waals surface area contributed by atoms with Crippen LogP contribution in [0.3, 0.4) is 0 Å². The molecule has 0 saturated carbocycles. The highest BCUT2D eigenvalue weighted by atomic mass is 16.6. The second-order valence-corrected chi connectivity index (χ2v) is 6.14. The first kappa shape index (κ1) is 19.3. The first-order valence-electron chi connectivity index (χ1n) is 8.91. The molecule has 0 aliphatic heterocycles. The van der Waals surface area contributed by atoms with Gasteiger partial charge in [-0.3, -0.25) is 0 Å². The number of esters is 1. The molecule has 0 spiro atoms. The fourth-order valence-electron chi connectivity index (χ4n) is 2.91. The van der Waals surface area contributed by atoms with E-state index in [0.29, 0.717) is 28.4 Å². The van der Waals surface area contributed by atoms with Gasteiger partial charge in [0.15, 0.2) is 18.1 Å². The van der Waals surface area contributed by atoms with Crippen LogP contribution in [0.25, 0.3) is 22.4 Å². The molecule has 0 saturated heterocycles. The molecule has 0 N–H and O–H groups in total. The van der Waals surface area contributed by atoms with Crippen molar-refractivity contribution in [3.05, 3.63) is 54.1 Å². The minimum Gasteiger partial charge on any atom is -0.493 e. The van der Waals surface area contributed by atoms with Crippen LogP contribution in [-0.4, -0.2) is 37.5 Å². The van der Waals surface area contributed by atoms with Gasteiger partial charge in [-0.1, -0.05) is 18.2 Å². The fourth-order valence-corrected chi connectivity index (χ4v) is 2.91. The standard InChI is InChI=1S/C21H18N2O7/c1-25-15-9-13(10-16(26-2)19(15)27-3)20-23-22-18(30-20)11-28-21(24)17-8-12-6-4-5-7-14(12)29-17/h4-10H,11H2,1-3H3. The van der Waals surface area contributed by atoms with Gasteiger partial charge in [-0.2, -0.15) is 0 Å². The van der Waals surface area contributed by atoms with E-state index in [1.165, 1.54) is 21.3 Å². The van der Waals surface area contributed by atoms with Crippen LogP contribution in [0.5, 0.6) is 17.2 Å². The predicted molar refractivity (Wildman–Crippen MR) is 105 cm³/mol. The number of carbonyl (C=O) groups is 1. The highest BCUT2D eigenvalue weighted by Gasteiger charge is 2.19. The number of hydrogen-bond donors (Lipinski definition) is 0. The predicted octanol–water partition coefficient (Wildman–Crippen LogP) is 3.87. The topological polar surface area (TPSA) is 106 Å². The number of para-hydroxylation sites is 1. The number of hydrogen-bond acceptors (Lipinski definition) is 9. The summed E-state index contributed by atoms with van der Waals surface area (Å²) in [6.07, 6.45) is 0. The van der Waals surface area contributed by atoms with Crippen molar-refractivity contribution in [3.8, 4) is 28.7 Å². The van der Waals surface area contributed by atoms with Gasteiger partial charge in [-0.15, -0.1) is 10.2 Å². The van der Waals surface area contributed by atoms with Gasteiger partial charge in [0.1, 0.15) is 5.58 Å². The zero-order valence-corrected chi connectivity index (χ0v) is 16.5. The Bertz CT molecular complexity index is 1140. The fraction of sp³-hybridized carbons (Fsp3) is 0.190. The Morgan fingerprint density at radius 3 is 2.33 bits per heavy atom. The Hall–Kier alpha value is -4.01. The lowest BCUT2D eigenvalue weighted by molar-refractivity contribution is 0.0405. The normalized spacial score (nSPS) is 10.8. The maximum atomic E-state index is 12.2. The highest BCUT2D eigenvalue weighted by molar-refractivity contribution is 5.92. The molecule has 0 fully saturated rings. The van der Waals surface area contributed by atoms with E-state index in [2.05, 4.69) is 10.2 Å². The van der Waals surface area contributed by atoms with Gasteiger partial charge < -0.3 is 27.8 Å². The summed E-state index contributed by atoms with van der Waals surface area (Å²) in [5.74, 6) is 1.15. The largest absolute Gasteiger partial charge is 0.493 e. The molecule has 2 aromatic carbocycles. The first-order valence-corrected chi connectivity index (χ1v) is 8.91. The number of aromatic nitrogens is 2. The number of furan rings is 1. The highest BCUT2D eigenvalue weighted by Crippen LogP contribution is 2.40. The molecule has 0 aliphatic rings. The molecule has 9 heteroatoms. The average Bonchev–Trinajstić information content (AvgIpc) is 3.43. The number of carbonyl (C=O) groups excluding carboxylic acids is 1. The molecule has 4 aromatic rings. The van der Waals surface area contributed by atoms with Crippen molar-refractivity contribution in [2.24, 2.45) is 0 Å². The zero-order chi connectivity index (χ0) is 21.1. The number of nitrogens with zero attached hydrogens (tertiary/aromatic N) is 2. The van der Waals surface area contributed by atoms with E-state index < -0.39 is 5.97 Å². The van der Waals surface area contributed by atoms with Crippen molar-refractivity contribution in [1.29, 1.82) is 0 Å². The van der Waals surface area contributed by atoms with Crippen LogP contribution in [-0.2, 0) is 11.3 Å². The second kappa shape index (κ2) is 8.16. The summed E-state index contributed by atoms with van der Waals surface area (Å²) < 4.78 is 32.3. The van der Waals surface area contributed by atoms with Crippen molar-refractivity contribution in [3.63, 3.8) is 0 Å². The van der Waals surface area contributed by atoms with E-state index in [0.717, 1.165) is 5.39 Å². The van der Waals surface area contributed by atoms with E-state index in [1.807, 2.05) is 18.2 Å². The van der Waals surface area contributed by atoms with Gasteiger partial charge in [0.05, 0.1) is 21.3 Å². The van der Waals surface area contributed by atoms with Crippen molar-refractivity contribution < 1.29 is 32.6 Å². The second-order valence-electron chi connectivity index (χ2n) is 6.14. The van der Waals surface area contributed by atoms with E-state index in [9.17, 15) is 4.79 Å². The van der Waals surface area contributed by atoms with Gasteiger partial charge in [0, 0.05) is 10.9 Å². The summed E-state index contributed by atoms with van der Waals surface area (Å²) in [5, 5.41) is 8.72. The smallest absolute Gasteiger partial charge is 0.374 e. The van der Waals surface area contributed by atoms with Crippen LogP contribution in [0.4, 0.5) is 0 Å². The zero-order valence-electron chi connectivity index (χ0n) is 16.5. The number of benzene rings is 2. The summed E-state index contributed by atoms with van der Waals surface area (Å²) >= 11 is 0. The van der Waals surface area contributed by atoms with Crippen LogP contribution < -0.4 is 14.2 Å². The van der Waals surface area contributed by atoms with Gasteiger partial charge in [0.2, 0.25) is 17.4 Å². The Morgan fingerprint density at radius 2 is 1.67 bits per heavy atom. The van der Waals surface area contributed by atoms with Gasteiger partial charge in [-0.05, 0) is 24.3 Å². The van der Waals surface area contributed by atoms with Crippen LogP contribution in [0, 0.1) is 0 Å². The lowest BCUT2D eigenvalue weighted by Gasteiger charge is -2.12. The maximum absolute atomic E-state index is 12.2. The molecule has 0 aliphatic carbocycles. The molecular weight excluding hydrogens is 392 g/mol. The molecule has 9 nitrogen and oxygen atoms in total. The third kappa shape index (κ3) is 3.64. The Kier molecular flexibility index (Phi) is 5.25. The summed E-state index contributed by atoms with van der Waals surface area (Å²) in [6, 6.07) is 12.3.